The Morgan fingerprint density at radius 2 is 2.44 bits per heavy atom. The van der Waals surface area contributed by atoms with E-state index in [4.69, 9.17) is 5.73 Å². The van der Waals surface area contributed by atoms with Gasteiger partial charge in [0.1, 0.15) is 0 Å². The standard InChI is InChI=1S/C12H16N2OS/c1-2-3-7-14-12(15)10-8-11(16-9-10)5-4-6-13/h8-9H,2-3,6-7,13H2,1H3,(H,14,15). The van der Waals surface area contributed by atoms with Crippen molar-refractivity contribution in [1.82, 2.24) is 5.32 Å². The maximum atomic E-state index is 11.6. The third-order valence-corrected chi connectivity index (χ3v) is 2.84. The van der Waals surface area contributed by atoms with Crippen LogP contribution in [0.15, 0.2) is 11.4 Å². The number of nitrogens with two attached hydrogens (primary N) is 1. The summed E-state index contributed by atoms with van der Waals surface area (Å²) in [4.78, 5) is 12.5. The Balaban J connectivity index is 2.53. The zero-order chi connectivity index (χ0) is 11.8. The number of carbonyl (C=O) groups is 1. The fourth-order valence-corrected chi connectivity index (χ4v) is 1.89. The minimum atomic E-state index is -0.0227. The average molecular weight is 236 g/mol. The van der Waals surface area contributed by atoms with Crippen LogP contribution in [0.5, 0.6) is 0 Å². The maximum absolute atomic E-state index is 11.6. The topological polar surface area (TPSA) is 55.1 Å². The molecule has 4 heteroatoms. The van der Waals surface area contributed by atoms with Crippen molar-refractivity contribution in [3.05, 3.63) is 21.9 Å². The number of hydrogen-bond acceptors (Lipinski definition) is 3. The molecule has 1 amide bonds. The van der Waals surface area contributed by atoms with Gasteiger partial charge in [-0.25, -0.2) is 0 Å². The van der Waals surface area contributed by atoms with Gasteiger partial charge >= 0.3 is 0 Å². The molecule has 3 N–H and O–H groups in total. The molecule has 0 aliphatic heterocycles. The van der Waals surface area contributed by atoms with Crippen molar-refractivity contribution in [2.45, 2.75) is 19.8 Å². The van der Waals surface area contributed by atoms with Gasteiger partial charge in [-0.2, -0.15) is 0 Å². The Bertz CT molecular complexity index is 401. The van der Waals surface area contributed by atoms with Gasteiger partial charge in [-0.15, -0.1) is 11.3 Å². The number of carbonyl (C=O) groups excluding carboxylic acids is 1. The predicted octanol–water partition coefficient (Wildman–Crippen LogP) is 1.59. The lowest BCUT2D eigenvalue weighted by molar-refractivity contribution is 0.0953. The Morgan fingerprint density at radius 1 is 1.62 bits per heavy atom. The van der Waals surface area contributed by atoms with Gasteiger partial charge in [0.2, 0.25) is 0 Å². The molecule has 1 aromatic heterocycles. The van der Waals surface area contributed by atoms with Gasteiger partial charge in [0, 0.05) is 11.9 Å². The second kappa shape index (κ2) is 7.04. The largest absolute Gasteiger partial charge is 0.352 e. The molecule has 0 saturated carbocycles. The summed E-state index contributed by atoms with van der Waals surface area (Å²) in [5.74, 6) is 5.65. The molecule has 0 fully saturated rings. The quantitative estimate of drug-likeness (QED) is 0.616. The molecule has 0 atom stereocenters. The highest BCUT2D eigenvalue weighted by Crippen LogP contribution is 2.13. The number of unbranched alkanes of at least 4 members (excludes halogenated alkanes) is 1. The molecule has 0 spiro atoms. The molecular formula is C12H16N2OS. The van der Waals surface area contributed by atoms with E-state index in [-0.39, 0.29) is 5.91 Å². The minimum absolute atomic E-state index is 0.0227. The second-order valence-electron chi connectivity index (χ2n) is 3.31. The predicted molar refractivity (Wildman–Crippen MR) is 67.5 cm³/mol. The van der Waals surface area contributed by atoms with Gasteiger partial charge < -0.3 is 11.1 Å². The summed E-state index contributed by atoms with van der Waals surface area (Å²) in [5, 5.41) is 4.69. The summed E-state index contributed by atoms with van der Waals surface area (Å²) < 4.78 is 0. The molecule has 0 aliphatic rings. The van der Waals surface area contributed by atoms with Gasteiger partial charge in [0.05, 0.1) is 17.0 Å². The van der Waals surface area contributed by atoms with Crippen molar-refractivity contribution in [2.75, 3.05) is 13.1 Å². The molecule has 0 radical (unpaired) electrons. The number of hydrogen-bond donors (Lipinski definition) is 2. The van der Waals surface area contributed by atoms with Crippen molar-refractivity contribution in [3.8, 4) is 11.8 Å². The minimum Gasteiger partial charge on any atom is -0.352 e. The Hall–Kier alpha value is -1.31. The van der Waals surface area contributed by atoms with Crippen molar-refractivity contribution in [3.63, 3.8) is 0 Å². The van der Waals surface area contributed by atoms with Gasteiger partial charge in [-0.1, -0.05) is 25.2 Å². The highest BCUT2D eigenvalue weighted by atomic mass is 32.1. The van der Waals surface area contributed by atoms with Gasteiger partial charge in [0.15, 0.2) is 0 Å². The first-order chi connectivity index (χ1) is 7.77. The van der Waals surface area contributed by atoms with E-state index in [1.807, 2.05) is 5.38 Å². The Morgan fingerprint density at radius 3 is 3.12 bits per heavy atom. The molecule has 16 heavy (non-hydrogen) atoms. The summed E-state index contributed by atoms with van der Waals surface area (Å²) >= 11 is 1.47. The monoisotopic (exact) mass is 236 g/mol. The third kappa shape index (κ3) is 4.05. The highest BCUT2D eigenvalue weighted by Gasteiger charge is 2.06. The lowest BCUT2D eigenvalue weighted by atomic mass is 10.2. The van der Waals surface area contributed by atoms with Crippen LogP contribution in [-0.2, 0) is 0 Å². The van der Waals surface area contributed by atoms with Gasteiger partial charge in [-0.3, -0.25) is 4.79 Å². The zero-order valence-electron chi connectivity index (χ0n) is 9.38. The van der Waals surface area contributed by atoms with Gasteiger partial charge in [-0.05, 0) is 12.5 Å². The first kappa shape index (κ1) is 12.8. The number of amides is 1. The number of thiophene rings is 1. The van der Waals surface area contributed by atoms with Crippen molar-refractivity contribution < 1.29 is 4.79 Å². The van der Waals surface area contributed by atoms with Crippen LogP contribution in [0.1, 0.15) is 35.0 Å². The molecular weight excluding hydrogens is 220 g/mol. The summed E-state index contributed by atoms with van der Waals surface area (Å²) in [6.45, 7) is 3.17. The highest BCUT2D eigenvalue weighted by molar-refractivity contribution is 7.10. The van der Waals surface area contributed by atoms with Crippen molar-refractivity contribution in [1.29, 1.82) is 0 Å². The molecule has 1 rings (SSSR count). The average Bonchev–Trinajstić information content (AvgIpc) is 2.75. The van der Waals surface area contributed by atoms with E-state index in [0.29, 0.717) is 12.1 Å². The number of rotatable bonds is 4. The number of nitrogens with one attached hydrogen (secondary N) is 1. The van der Waals surface area contributed by atoms with Crippen LogP contribution in [0.4, 0.5) is 0 Å². The fourth-order valence-electron chi connectivity index (χ4n) is 1.14. The Kier molecular flexibility index (Phi) is 5.62. The zero-order valence-corrected chi connectivity index (χ0v) is 10.2. The van der Waals surface area contributed by atoms with Crippen LogP contribution in [0.3, 0.4) is 0 Å². The summed E-state index contributed by atoms with van der Waals surface area (Å²) in [6, 6.07) is 1.80. The lowest BCUT2D eigenvalue weighted by Crippen LogP contribution is -2.23. The van der Waals surface area contributed by atoms with Crippen molar-refractivity contribution in [2.24, 2.45) is 5.73 Å². The van der Waals surface area contributed by atoms with E-state index in [0.717, 1.165) is 24.3 Å². The van der Waals surface area contributed by atoms with E-state index in [1.54, 1.807) is 6.07 Å². The molecule has 0 aliphatic carbocycles. The SMILES string of the molecule is CCCCNC(=O)c1csc(C#CCN)c1. The first-order valence-electron chi connectivity index (χ1n) is 5.33. The first-order valence-corrected chi connectivity index (χ1v) is 6.21. The van der Waals surface area contributed by atoms with Crippen molar-refractivity contribution >= 4 is 17.2 Å². The fraction of sp³-hybridized carbons (Fsp3) is 0.417. The second-order valence-corrected chi connectivity index (χ2v) is 4.23. The molecule has 0 unspecified atom stereocenters. The normalized spacial score (nSPS) is 9.38. The van der Waals surface area contributed by atoms with Crippen LogP contribution in [-0.4, -0.2) is 19.0 Å². The van der Waals surface area contributed by atoms with E-state index >= 15 is 0 Å². The molecule has 0 bridgehead atoms. The van der Waals surface area contributed by atoms with Crippen LogP contribution in [0.2, 0.25) is 0 Å². The van der Waals surface area contributed by atoms with Crippen LogP contribution in [0.25, 0.3) is 0 Å². The summed E-state index contributed by atoms with van der Waals surface area (Å²) in [6.07, 6.45) is 2.09. The molecule has 0 saturated heterocycles. The van der Waals surface area contributed by atoms with Crippen LogP contribution >= 0.6 is 11.3 Å². The summed E-state index contributed by atoms with van der Waals surface area (Å²) in [7, 11) is 0. The lowest BCUT2D eigenvalue weighted by Gasteiger charge is -2.00. The molecule has 1 aromatic rings. The van der Waals surface area contributed by atoms with E-state index in [1.165, 1.54) is 11.3 Å². The molecule has 0 aromatic carbocycles. The smallest absolute Gasteiger partial charge is 0.252 e. The molecule has 3 nitrogen and oxygen atoms in total. The van der Waals surface area contributed by atoms with E-state index in [2.05, 4.69) is 24.1 Å². The Labute approximate surface area is 100 Å². The van der Waals surface area contributed by atoms with Crippen LogP contribution in [0, 0.1) is 11.8 Å². The maximum Gasteiger partial charge on any atom is 0.252 e. The summed E-state index contributed by atoms with van der Waals surface area (Å²) in [5.41, 5.74) is 5.96. The molecule has 1 heterocycles. The van der Waals surface area contributed by atoms with Gasteiger partial charge in [0.25, 0.3) is 5.91 Å². The van der Waals surface area contributed by atoms with E-state index < -0.39 is 0 Å². The third-order valence-electron chi connectivity index (χ3n) is 1.99. The van der Waals surface area contributed by atoms with Crippen LogP contribution < -0.4 is 11.1 Å². The molecule has 86 valence electrons. The van der Waals surface area contributed by atoms with E-state index in [9.17, 15) is 4.79 Å².